The zero-order valence-corrected chi connectivity index (χ0v) is 10.1. The lowest BCUT2D eigenvalue weighted by Gasteiger charge is -2.30. The van der Waals surface area contributed by atoms with Gasteiger partial charge in [-0.05, 0) is 31.2 Å². The van der Waals surface area contributed by atoms with Crippen molar-refractivity contribution in [1.82, 2.24) is 4.90 Å². The van der Waals surface area contributed by atoms with Crippen LogP contribution in [0.1, 0.15) is 6.92 Å². The molecule has 0 radical (unpaired) electrons. The van der Waals surface area contributed by atoms with E-state index in [1.54, 1.807) is 12.1 Å². The van der Waals surface area contributed by atoms with Gasteiger partial charge in [0.15, 0.2) is 0 Å². The van der Waals surface area contributed by atoms with E-state index in [0.717, 1.165) is 26.2 Å². The molecule has 0 spiro atoms. The molecule has 0 amide bonds. The van der Waals surface area contributed by atoms with Crippen molar-refractivity contribution < 1.29 is 13.9 Å². The van der Waals surface area contributed by atoms with Crippen LogP contribution in [0.25, 0.3) is 0 Å². The molecule has 4 heteroatoms. The Bertz CT molecular complexity index is 342. The van der Waals surface area contributed by atoms with Crippen LogP contribution in [0.4, 0.5) is 4.39 Å². The summed E-state index contributed by atoms with van der Waals surface area (Å²) in [4.78, 5) is 2.32. The molecule has 1 saturated heterocycles. The molecule has 0 bridgehead atoms. The van der Waals surface area contributed by atoms with Crippen molar-refractivity contribution >= 4 is 0 Å². The predicted molar refractivity (Wildman–Crippen MR) is 63.7 cm³/mol. The summed E-state index contributed by atoms with van der Waals surface area (Å²) in [6.07, 6.45) is 0.301. The number of ether oxygens (including phenoxy) is 2. The van der Waals surface area contributed by atoms with E-state index in [9.17, 15) is 4.39 Å². The van der Waals surface area contributed by atoms with Gasteiger partial charge in [0.1, 0.15) is 18.2 Å². The zero-order chi connectivity index (χ0) is 12.1. The summed E-state index contributed by atoms with van der Waals surface area (Å²) in [5.74, 6) is 0.479. The number of hydrogen-bond acceptors (Lipinski definition) is 3. The second-order valence-corrected chi connectivity index (χ2v) is 4.28. The first-order valence-corrected chi connectivity index (χ1v) is 5.96. The van der Waals surface area contributed by atoms with Gasteiger partial charge in [0.25, 0.3) is 0 Å². The normalized spacial score (nSPS) is 21.4. The molecule has 1 aromatic rings. The van der Waals surface area contributed by atoms with Gasteiger partial charge in [-0.3, -0.25) is 4.90 Å². The zero-order valence-electron chi connectivity index (χ0n) is 10.1. The first-order chi connectivity index (χ1) is 8.24. The number of rotatable bonds is 4. The lowest BCUT2D eigenvalue weighted by atomic mass is 10.3. The maximum Gasteiger partial charge on any atom is 0.123 e. The molecule has 0 aromatic heterocycles. The molecule has 0 N–H and O–H groups in total. The van der Waals surface area contributed by atoms with Crippen molar-refractivity contribution in [2.24, 2.45) is 0 Å². The van der Waals surface area contributed by atoms with Gasteiger partial charge in [-0.15, -0.1) is 0 Å². The summed E-state index contributed by atoms with van der Waals surface area (Å²) in [7, 11) is 0. The number of halogens is 1. The molecule has 17 heavy (non-hydrogen) atoms. The summed E-state index contributed by atoms with van der Waals surface area (Å²) in [6.45, 7) is 6.28. The smallest absolute Gasteiger partial charge is 0.123 e. The topological polar surface area (TPSA) is 21.7 Å². The Morgan fingerprint density at radius 3 is 2.88 bits per heavy atom. The molecular weight excluding hydrogens is 221 g/mol. The molecule has 0 saturated carbocycles. The van der Waals surface area contributed by atoms with Gasteiger partial charge >= 0.3 is 0 Å². The minimum Gasteiger partial charge on any atom is -0.492 e. The third-order valence-electron chi connectivity index (χ3n) is 2.82. The number of nitrogens with zero attached hydrogens (tertiary/aromatic N) is 1. The van der Waals surface area contributed by atoms with Gasteiger partial charge < -0.3 is 9.47 Å². The Kier molecular flexibility index (Phi) is 4.34. The monoisotopic (exact) mass is 239 g/mol. The highest BCUT2D eigenvalue weighted by molar-refractivity contribution is 5.21. The number of hydrogen-bond donors (Lipinski definition) is 0. The largest absolute Gasteiger partial charge is 0.492 e. The van der Waals surface area contributed by atoms with Crippen LogP contribution in [0, 0.1) is 5.82 Å². The molecule has 1 aliphatic heterocycles. The van der Waals surface area contributed by atoms with Crippen molar-refractivity contribution in [1.29, 1.82) is 0 Å². The first kappa shape index (κ1) is 12.3. The van der Waals surface area contributed by atoms with E-state index in [1.165, 1.54) is 12.1 Å². The minimum absolute atomic E-state index is 0.237. The van der Waals surface area contributed by atoms with Crippen molar-refractivity contribution in [2.75, 3.05) is 32.8 Å². The van der Waals surface area contributed by atoms with Crippen LogP contribution in [-0.4, -0.2) is 43.9 Å². The highest BCUT2D eigenvalue weighted by Gasteiger charge is 2.15. The Morgan fingerprint density at radius 1 is 1.41 bits per heavy atom. The van der Waals surface area contributed by atoms with Crippen LogP contribution in [0.2, 0.25) is 0 Å². The van der Waals surface area contributed by atoms with E-state index in [1.807, 2.05) is 0 Å². The molecule has 3 nitrogen and oxygen atoms in total. The summed E-state index contributed by atoms with van der Waals surface area (Å²) in [5, 5.41) is 0. The standard InChI is InChI=1S/C13H18FNO2/c1-11-10-15(6-8-16-11)7-9-17-13-4-2-12(14)3-5-13/h2-5,11H,6-10H2,1H3/t11-/m1/s1. The molecule has 0 aliphatic carbocycles. The maximum absolute atomic E-state index is 12.7. The average Bonchev–Trinajstić information content (AvgIpc) is 2.32. The maximum atomic E-state index is 12.7. The van der Waals surface area contributed by atoms with Crippen LogP contribution in [-0.2, 0) is 4.74 Å². The summed E-state index contributed by atoms with van der Waals surface area (Å²) >= 11 is 0. The average molecular weight is 239 g/mol. The molecule has 1 heterocycles. The van der Waals surface area contributed by atoms with Gasteiger partial charge in [-0.1, -0.05) is 0 Å². The van der Waals surface area contributed by atoms with E-state index in [-0.39, 0.29) is 5.82 Å². The van der Waals surface area contributed by atoms with E-state index >= 15 is 0 Å². The fourth-order valence-corrected chi connectivity index (χ4v) is 1.92. The first-order valence-electron chi connectivity index (χ1n) is 5.96. The number of morpholine rings is 1. The molecule has 1 atom stereocenters. The molecule has 94 valence electrons. The highest BCUT2D eigenvalue weighted by atomic mass is 19.1. The number of benzene rings is 1. The highest BCUT2D eigenvalue weighted by Crippen LogP contribution is 2.11. The van der Waals surface area contributed by atoms with Gasteiger partial charge in [0.2, 0.25) is 0 Å². The van der Waals surface area contributed by atoms with E-state index in [0.29, 0.717) is 18.5 Å². The van der Waals surface area contributed by atoms with Crippen molar-refractivity contribution in [3.63, 3.8) is 0 Å². The third kappa shape index (κ3) is 3.98. The molecule has 1 fully saturated rings. The van der Waals surface area contributed by atoms with Gasteiger partial charge in [0, 0.05) is 19.6 Å². The Hall–Kier alpha value is -1.13. The van der Waals surface area contributed by atoms with Crippen molar-refractivity contribution in [2.45, 2.75) is 13.0 Å². The van der Waals surface area contributed by atoms with Gasteiger partial charge in [0.05, 0.1) is 12.7 Å². The van der Waals surface area contributed by atoms with E-state index in [4.69, 9.17) is 9.47 Å². The fourth-order valence-electron chi connectivity index (χ4n) is 1.92. The quantitative estimate of drug-likeness (QED) is 0.801. The molecular formula is C13H18FNO2. The van der Waals surface area contributed by atoms with Crippen LogP contribution in [0.15, 0.2) is 24.3 Å². The van der Waals surface area contributed by atoms with Crippen LogP contribution >= 0.6 is 0 Å². The van der Waals surface area contributed by atoms with E-state index < -0.39 is 0 Å². The molecule has 0 unspecified atom stereocenters. The lowest BCUT2D eigenvalue weighted by Crippen LogP contribution is -2.42. The van der Waals surface area contributed by atoms with Crippen LogP contribution in [0.3, 0.4) is 0 Å². The molecule has 1 aromatic carbocycles. The Labute approximate surface area is 101 Å². The Morgan fingerprint density at radius 2 is 2.18 bits per heavy atom. The summed E-state index contributed by atoms with van der Waals surface area (Å²) in [5.41, 5.74) is 0. The lowest BCUT2D eigenvalue weighted by molar-refractivity contribution is -0.0214. The molecule has 1 aliphatic rings. The van der Waals surface area contributed by atoms with Gasteiger partial charge in [-0.2, -0.15) is 0 Å². The Balaban J connectivity index is 1.70. The van der Waals surface area contributed by atoms with Crippen molar-refractivity contribution in [3.8, 4) is 5.75 Å². The van der Waals surface area contributed by atoms with Crippen molar-refractivity contribution in [3.05, 3.63) is 30.1 Å². The fraction of sp³-hybridized carbons (Fsp3) is 0.538. The third-order valence-corrected chi connectivity index (χ3v) is 2.82. The SMILES string of the molecule is C[C@@H]1CN(CCOc2ccc(F)cc2)CCO1. The van der Waals surface area contributed by atoms with Gasteiger partial charge in [-0.25, -0.2) is 4.39 Å². The van der Waals surface area contributed by atoms with E-state index in [2.05, 4.69) is 11.8 Å². The second kappa shape index (κ2) is 5.98. The second-order valence-electron chi connectivity index (χ2n) is 4.28. The summed E-state index contributed by atoms with van der Waals surface area (Å²) in [6, 6.07) is 6.12. The predicted octanol–water partition coefficient (Wildman–Crippen LogP) is 1.93. The summed E-state index contributed by atoms with van der Waals surface area (Å²) < 4.78 is 23.7. The van der Waals surface area contributed by atoms with Crippen LogP contribution < -0.4 is 4.74 Å². The molecule has 2 rings (SSSR count). The van der Waals surface area contributed by atoms with Crippen LogP contribution in [0.5, 0.6) is 5.75 Å². The minimum atomic E-state index is -0.237.